The van der Waals surface area contributed by atoms with Gasteiger partial charge in [0.25, 0.3) is 5.91 Å². The van der Waals surface area contributed by atoms with E-state index >= 15 is 0 Å². The predicted octanol–water partition coefficient (Wildman–Crippen LogP) is 2.17. The fourth-order valence-corrected chi connectivity index (χ4v) is 2.26. The molecule has 1 aromatic carbocycles. The van der Waals surface area contributed by atoms with Crippen LogP contribution >= 0.6 is 11.6 Å². The van der Waals surface area contributed by atoms with Gasteiger partial charge in [-0.1, -0.05) is 17.7 Å². The van der Waals surface area contributed by atoms with Gasteiger partial charge in [0, 0.05) is 6.54 Å². The van der Waals surface area contributed by atoms with Gasteiger partial charge in [-0.05, 0) is 25.0 Å². The Hall–Kier alpha value is -1.62. The maximum Gasteiger partial charge on any atom is 0.326 e. The topological polar surface area (TPSA) is 57.6 Å². The van der Waals surface area contributed by atoms with Crippen molar-refractivity contribution in [3.8, 4) is 0 Å². The standard InChI is InChI=1S/C12H11ClFNO3/c13-8-4-1-3-7(10(8)14)11(16)15-6-2-5-9(15)12(17)18/h1,3-4,9H,2,5-6H2,(H,17,18)/t9-/m1/s1. The Bertz CT molecular complexity index is 506. The molecule has 0 unspecified atom stereocenters. The van der Waals surface area contributed by atoms with Crippen molar-refractivity contribution in [1.82, 2.24) is 4.90 Å². The fraction of sp³-hybridized carbons (Fsp3) is 0.333. The van der Waals surface area contributed by atoms with Gasteiger partial charge in [-0.25, -0.2) is 9.18 Å². The largest absolute Gasteiger partial charge is 0.480 e. The van der Waals surface area contributed by atoms with Crippen LogP contribution in [0.3, 0.4) is 0 Å². The van der Waals surface area contributed by atoms with Gasteiger partial charge in [-0.3, -0.25) is 4.79 Å². The highest BCUT2D eigenvalue weighted by Gasteiger charge is 2.35. The number of carboxylic acid groups (broad SMARTS) is 1. The Balaban J connectivity index is 2.31. The summed E-state index contributed by atoms with van der Waals surface area (Å²) in [4.78, 5) is 24.3. The van der Waals surface area contributed by atoms with Gasteiger partial charge in [0.05, 0.1) is 10.6 Å². The number of nitrogens with zero attached hydrogens (tertiary/aromatic N) is 1. The number of carbonyl (C=O) groups is 2. The summed E-state index contributed by atoms with van der Waals surface area (Å²) in [5.74, 6) is -2.50. The van der Waals surface area contributed by atoms with Gasteiger partial charge in [0.2, 0.25) is 0 Å². The van der Waals surface area contributed by atoms with E-state index in [1.54, 1.807) is 0 Å². The second kappa shape index (κ2) is 4.94. The monoisotopic (exact) mass is 271 g/mol. The van der Waals surface area contributed by atoms with Crippen LogP contribution in [-0.4, -0.2) is 34.5 Å². The summed E-state index contributed by atoms with van der Waals surface area (Å²) < 4.78 is 13.7. The van der Waals surface area contributed by atoms with Gasteiger partial charge >= 0.3 is 5.97 Å². The Morgan fingerprint density at radius 3 is 2.83 bits per heavy atom. The SMILES string of the molecule is O=C(O)[C@H]1CCCN1C(=O)c1cccc(Cl)c1F. The number of halogens is 2. The van der Waals surface area contributed by atoms with Crippen LogP contribution in [0.4, 0.5) is 4.39 Å². The Kier molecular flexibility index (Phi) is 3.52. The summed E-state index contributed by atoms with van der Waals surface area (Å²) in [6.45, 7) is 0.321. The third-order valence-corrected chi connectivity index (χ3v) is 3.27. The Labute approximate surface area is 108 Å². The zero-order chi connectivity index (χ0) is 13.3. The molecule has 1 aromatic rings. The van der Waals surface area contributed by atoms with Crippen molar-refractivity contribution < 1.29 is 19.1 Å². The summed E-state index contributed by atoms with van der Waals surface area (Å²) in [5.41, 5.74) is -0.185. The van der Waals surface area contributed by atoms with E-state index in [2.05, 4.69) is 0 Å². The Morgan fingerprint density at radius 1 is 1.44 bits per heavy atom. The highest BCUT2D eigenvalue weighted by atomic mass is 35.5. The summed E-state index contributed by atoms with van der Waals surface area (Å²) in [7, 11) is 0. The molecule has 0 radical (unpaired) electrons. The molecular formula is C12H11ClFNO3. The molecule has 2 rings (SSSR count). The zero-order valence-corrected chi connectivity index (χ0v) is 10.2. The van der Waals surface area contributed by atoms with Crippen molar-refractivity contribution >= 4 is 23.5 Å². The molecule has 4 nitrogen and oxygen atoms in total. The number of hydrogen-bond acceptors (Lipinski definition) is 2. The highest BCUT2D eigenvalue weighted by Crippen LogP contribution is 2.24. The number of benzene rings is 1. The minimum atomic E-state index is -1.07. The van der Waals surface area contributed by atoms with E-state index in [9.17, 15) is 14.0 Å². The lowest BCUT2D eigenvalue weighted by Crippen LogP contribution is -2.40. The maximum atomic E-state index is 13.7. The van der Waals surface area contributed by atoms with E-state index in [4.69, 9.17) is 16.7 Å². The lowest BCUT2D eigenvalue weighted by atomic mass is 10.1. The molecule has 1 N–H and O–H groups in total. The van der Waals surface area contributed by atoms with E-state index in [0.717, 1.165) is 0 Å². The number of likely N-dealkylation sites (tertiary alicyclic amines) is 1. The first-order valence-electron chi connectivity index (χ1n) is 5.50. The first-order chi connectivity index (χ1) is 8.52. The lowest BCUT2D eigenvalue weighted by molar-refractivity contribution is -0.141. The predicted molar refractivity (Wildman–Crippen MR) is 63.1 cm³/mol. The molecule has 0 saturated carbocycles. The summed E-state index contributed by atoms with van der Waals surface area (Å²) in [6, 6.07) is 3.23. The third kappa shape index (κ3) is 2.18. The second-order valence-electron chi connectivity index (χ2n) is 4.10. The molecule has 1 aliphatic heterocycles. The van der Waals surface area contributed by atoms with Gasteiger partial charge in [-0.15, -0.1) is 0 Å². The van der Waals surface area contributed by atoms with Crippen molar-refractivity contribution in [3.05, 3.63) is 34.6 Å². The van der Waals surface area contributed by atoms with E-state index in [-0.39, 0.29) is 10.6 Å². The van der Waals surface area contributed by atoms with Crippen LogP contribution in [0.1, 0.15) is 23.2 Å². The number of aliphatic carboxylic acids is 1. The summed E-state index contributed by atoms with van der Waals surface area (Å²) >= 11 is 5.60. The average Bonchev–Trinajstić information content (AvgIpc) is 2.81. The number of carboxylic acids is 1. The van der Waals surface area contributed by atoms with Gasteiger partial charge < -0.3 is 10.0 Å². The van der Waals surface area contributed by atoms with Crippen LogP contribution < -0.4 is 0 Å². The van der Waals surface area contributed by atoms with Crippen molar-refractivity contribution in [2.45, 2.75) is 18.9 Å². The summed E-state index contributed by atoms with van der Waals surface area (Å²) in [6.07, 6.45) is 0.994. The fourth-order valence-electron chi connectivity index (χ4n) is 2.09. The van der Waals surface area contributed by atoms with Crippen molar-refractivity contribution in [2.75, 3.05) is 6.54 Å². The third-order valence-electron chi connectivity index (χ3n) is 2.98. The van der Waals surface area contributed by atoms with Crippen molar-refractivity contribution in [3.63, 3.8) is 0 Å². The average molecular weight is 272 g/mol. The molecule has 0 aromatic heterocycles. The molecule has 0 bridgehead atoms. The molecule has 0 spiro atoms. The van der Waals surface area contributed by atoms with Crippen LogP contribution in [0.5, 0.6) is 0 Å². The van der Waals surface area contributed by atoms with Crippen LogP contribution in [0, 0.1) is 5.82 Å². The zero-order valence-electron chi connectivity index (χ0n) is 9.40. The quantitative estimate of drug-likeness (QED) is 0.897. The highest BCUT2D eigenvalue weighted by molar-refractivity contribution is 6.31. The minimum absolute atomic E-state index is 0.146. The number of hydrogen-bond donors (Lipinski definition) is 1. The molecule has 18 heavy (non-hydrogen) atoms. The molecule has 1 heterocycles. The van der Waals surface area contributed by atoms with Crippen LogP contribution in [0.2, 0.25) is 5.02 Å². The number of amides is 1. The molecule has 0 aliphatic carbocycles. The molecule has 1 atom stereocenters. The van der Waals surface area contributed by atoms with E-state index in [1.807, 2.05) is 0 Å². The molecule has 1 fully saturated rings. The smallest absolute Gasteiger partial charge is 0.326 e. The molecule has 1 amide bonds. The molecule has 6 heteroatoms. The number of carbonyl (C=O) groups excluding carboxylic acids is 1. The summed E-state index contributed by atoms with van der Waals surface area (Å²) in [5, 5.41) is 8.84. The first-order valence-corrected chi connectivity index (χ1v) is 5.88. The maximum absolute atomic E-state index is 13.7. The van der Waals surface area contributed by atoms with Crippen molar-refractivity contribution in [2.24, 2.45) is 0 Å². The number of rotatable bonds is 2. The van der Waals surface area contributed by atoms with Crippen molar-refractivity contribution in [1.29, 1.82) is 0 Å². The van der Waals surface area contributed by atoms with Crippen LogP contribution in [0.15, 0.2) is 18.2 Å². The van der Waals surface area contributed by atoms with Gasteiger partial charge in [0.15, 0.2) is 5.82 Å². The van der Waals surface area contributed by atoms with E-state index in [1.165, 1.54) is 23.1 Å². The van der Waals surface area contributed by atoms with Crippen LogP contribution in [-0.2, 0) is 4.79 Å². The normalized spacial score (nSPS) is 19.0. The second-order valence-corrected chi connectivity index (χ2v) is 4.50. The van der Waals surface area contributed by atoms with E-state index < -0.39 is 23.7 Å². The minimum Gasteiger partial charge on any atom is -0.480 e. The molecule has 1 saturated heterocycles. The lowest BCUT2D eigenvalue weighted by Gasteiger charge is -2.21. The van der Waals surface area contributed by atoms with Gasteiger partial charge in [0.1, 0.15) is 6.04 Å². The molecule has 96 valence electrons. The Morgan fingerprint density at radius 2 is 2.17 bits per heavy atom. The van der Waals surface area contributed by atoms with Crippen LogP contribution in [0.25, 0.3) is 0 Å². The van der Waals surface area contributed by atoms with Gasteiger partial charge in [-0.2, -0.15) is 0 Å². The molecule has 1 aliphatic rings. The van der Waals surface area contributed by atoms with E-state index in [0.29, 0.717) is 19.4 Å². The molecular weight excluding hydrogens is 261 g/mol. The first kappa shape index (κ1) is 12.8.